The van der Waals surface area contributed by atoms with Crippen LogP contribution in [0.1, 0.15) is 23.0 Å². The van der Waals surface area contributed by atoms with Crippen LogP contribution in [0.2, 0.25) is 0 Å². The van der Waals surface area contributed by atoms with Crippen LogP contribution >= 0.6 is 15.9 Å². The second-order valence-electron chi connectivity index (χ2n) is 5.97. The van der Waals surface area contributed by atoms with Gasteiger partial charge in [0.1, 0.15) is 5.75 Å². The molecule has 0 atom stereocenters. The predicted octanol–water partition coefficient (Wildman–Crippen LogP) is 4.87. The van der Waals surface area contributed by atoms with Gasteiger partial charge in [0.25, 0.3) is 11.8 Å². The third-order valence-corrected chi connectivity index (χ3v) is 4.53. The average Bonchev–Trinajstić information content (AvgIpc) is 3.22. The molecule has 0 radical (unpaired) electrons. The summed E-state index contributed by atoms with van der Waals surface area (Å²) in [7, 11) is 0. The van der Waals surface area contributed by atoms with Gasteiger partial charge in [-0.3, -0.25) is 9.59 Å². The molecule has 0 bridgehead atoms. The number of benzene rings is 2. The molecule has 0 fully saturated rings. The molecule has 0 spiro atoms. The highest BCUT2D eigenvalue weighted by atomic mass is 79.9. The van der Waals surface area contributed by atoms with Crippen molar-refractivity contribution in [2.75, 3.05) is 17.2 Å². The first kappa shape index (κ1) is 19.7. The molecule has 1 heterocycles. The molecule has 7 heteroatoms. The van der Waals surface area contributed by atoms with Gasteiger partial charge in [0.2, 0.25) is 0 Å². The van der Waals surface area contributed by atoms with Gasteiger partial charge in [0, 0.05) is 11.4 Å². The summed E-state index contributed by atoms with van der Waals surface area (Å²) < 4.78 is 11.4. The van der Waals surface area contributed by atoms with Crippen molar-refractivity contribution < 1.29 is 18.7 Å². The molecule has 0 aliphatic carbocycles. The van der Waals surface area contributed by atoms with Gasteiger partial charge >= 0.3 is 0 Å². The highest BCUT2D eigenvalue weighted by Crippen LogP contribution is 2.26. The molecular formula is C21H19BrN2O4. The summed E-state index contributed by atoms with van der Waals surface area (Å²) in [5, 5.41) is 5.46. The van der Waals surface area contributed by atoms with Gasteiger partial charge < -0.3 is 19.8 Å². The van der Waals surface area contributed by atoms with Gasteiger partial charge in [-0.25, -0.2) is 0 Å². The summed E-state index contributed by atoms with van der Waals surface area (Å²) in [6, 6.07) is 15.8. The van der Waals surface area contributed by atoms with Crippen molar-refractivity contribution in [3.05, 3.63) is 76.7 Å². The summed E-state index contributed by atoms with van der Waals surface area (Å²) in [5.41, 5.74) is 2.27. The fraction of sp³-hybridized carbons (Fsp3) is 0.143. The lowest BCUT2D eigenvalue weighted by Gasteiger charge is -2.11. The first-order valence-corrected chi connectivity index (χ1v) is 9.50. The number of halogens is 1. The van der Waals surface area contributed by atoms with Crippen LogP contribution in [0.3, 0.4) is 0 Å². The quantitative estimate of drug-likeness (QED) is 0.546. The summed E-state index contributed by atoms with van der Waals surface area (Å²) in [6.07, 6.45) is 2.35. The molecule has 1 aromatic heterocycles. The molecule has 0 saturated carbocycles. The Morgan fingerprint density at radius 2 is 1.82 bits per heavy atom. The Bertz CT molecular complexity index is 970. The Kier molecular flexibility index (Phi) is 6.49. The summed E-state index contributed by atoms with van der Waals surface area (Å²) in [5.74, 6) is 0.146. The second kappa shape index (κ2) is 9.23. The summed E-state index contributed by atoms with van der Waals surface area (Å²) in [6.45, 7) is 1.94. The van der Waals surface area contributed by atoms with Crippen molar-refractivity contribution >= 4 is 39.1 Å². The first-order valence-electron chi connectivity index (χ1n) is 8.71. The zero-order valence-electron chi connectivity index (χ0n) is 15.2. The van der Waals surface area contributed by atoms with E-state index < -0.39 is 0 Å². The van der Waals surface area contributed by atoms with E-state index in [-0.39, 0.29) is 24.2 Å². The van der Waals surface area contributed by atoms with E-state index >= 15 is 0 Å². The van der Waals surface area contributed by atoms with E-state index in [9.17, 15) is 9.59 Å². The first-order chi connectivity index (χ1) is 13.5. The normalized spacial score (nSPS) is 10.4. The van der Waals surface area contributed by atoms with E-state index in [1.54, 1.807) is 36.4 Å². The number of ether oxygens (including phenoxy) is 1. The fourth-order valence-corrected chi connectivity index (χ4v) is 3.04. The molecule has 2 amide bonds. The minimum atomic E-state index is -0.364. The minimum absolute atomic E-state index is 0.132. The van der Waals surface area contributed by atoms with Crippen LogP contribution in [-0.2, 0) is 11.2 Å². The lowest BCUT2D eigenvalue weighted by atomic mass is 10.2. The highest BCUT2D eigenvalue weighted by Gasteiger charge is 2.10. The molecule has 0 saturated heterocycles. The van der Waals surface area contributed by atoms with E-state index in [4.69, 9.17) is 9.15 Å². The van der Waals surface area contributed by atoms with Crippen molar-refractivity contribution in [2.24, 2.45) is 0 Å². The van der Waals surface area contributed by atoms with Crippen molar-refractivity contribution in [1.82, 2.24) is 0 Å². The molecule has 2 N–H and O–H groups in total. The summed E-state index contributed by atoms with van der Waals surface area (Å²) in [4.78, 5) is 24.2. The molecule has 2 aromatic carbocycles. The number of hydrogen-bond donors (Lipinski definition) is 2. The Balaban J connectivity index is 1.56. The number of anilines is 2. The van der Waals surface area contributed by atoms with Gasteiger partial charge in [-0.1, -0.05) is 19.1 Å². The Morgan fingerprint density at radius 3 is 2.50 bits per heavy atom. The number of hydrogen-bond acceptors (Lipinski definition) is 4. The Labute approximate surface area is 171 Å². The zero-order valence-corrected chi connectivity index (χ0v) is 16.8. The van der Waals surface area contributed by atoms with Crippen LogP contribution in [0, 0.1) is 0 Å². The molecule has 0 aliphatic rings. The van der Waals surface area contributed by atoms with Gasteiger partial charge in [0.05, 0.1) is 10.7 Å². The van der Waals surface area contributed by atoms with Gasteiger partial charge in [0.15, 0.2) is 12.4 Å². The third-order valence-electron chi connectivity index (χ3n) is 3.91. The number of carbonyl (C=O) groups is 2. The maximum absolute atomic E-state index is 12.2. The van der Waals surface area contributed by atoms with Crippen molar-refractivity contribution in [3.63, 3.8) is 0 Å². The van der Waals surface area contributed by atoms with Crippen LogP contribution in [-0.4, -0.2) is 18.4 Å². The summed E-state index contributed by atoms with van der Waals surface area (Å²) >= 11 is 3.45. The number of furan rings is 1. The van der Waals surface area contributed by atoms with E-state index in [0.29, 0.717) is 17.1 Å². The topological polar surface area (TPSA) is 80.6 Å². The molecule has 3 aromatic rings. The van der Waals surface area contributed by atoms with E-state index in [1.807, 2.05) is 18.2 Å². The van der Waals surface area contributed by atoms with Crippen LogP contribution in [0.5, 0.6) is 5.75 Å². The van der Waals surface area contributed by atoms with Crippen LogP contribution in [0.25, 0.3) is 0 Å². The van der Waals surface area contributed by atoms with Gasteiger partial charge in [-0.05, 0) is 70.4 Å². The van der Waals surface area contributed by atoms with Crippen molar-refractivity contribution in [3.8, 4) is 5.75 Å². The molecule has 6 nitrogen and oxygen atoms in total. The number of rotatable bonds is 7. The number of amides is 2. The van der Waals surface area contributed by atoms with Crippen LogP contribution in [0.15, 0.2) is 69.8 Å². The maximum atomic E-state index is 12.2. The smallest absolute Gasteiger partial charge is 0.291 e. The van der Waals surface area contributed by atoms with E-state index in [0.717, 1.165) is 10.9 Å². The van der Waals surface area contributed by atoms with E-state index in [2.05, 4.69) is 33.5 Å². The lowest BCUT2D eigenvalue weighted by Crippen LogP contribution is -2.20. The van der Waals surface area contributed by atoms with Gasteiger partial charge in [-0.15, -0.1) is 0 Å². The monoisotopic (exact) mass is 442 g/mol. The van der Waals surface area contributed by atoms with E-state index in [1.165, 1.54) is 11.8 Å². The van der Waals surface area contributed by atoms with Crippen molar-refractivity contribution in [1.29, 1.82) is 0 Å². The number of carbonyl (C=O) groups excluding carboxylic acids is 2. The maximum Gasteiger partial charge on any atom is 0.291 e. The largest absolute Gasteiger partial charge is 0.483 e. The highest BCUT2D eigenvalue weighted by molar-refractivity contribution is 9.10. The SMILES string of the molecule is CCc1ccc(OCC(=O)Nc2cccc(NC(=O)c3ccco3)c2)c(Br)c1. The predicted molar refractivity (Wildman–Crippen MR) is 111 cm³/mol. The molecule has 0 aliphatic heterocycles. The average molecular weight is 443 g/mol. The fourth-order valence-electron chi connectivity index (χ4n) is 2.50. The molecular weight excluding hydrogens is 424 g/mol. The zero-order chi connectivity index (χ0) is 19.9. The Morgan fingerprint density at radius 1 is 1.04 bits per heavy atom. The lowest BCUT2D eigenvalue weighted by molar-refractivity contribution is -0.118. The molecule has 0 unspecified atom stereocenters. The number of aryl methyl sites for hydroxylation is 1. The standard InChI is InChI=1S/C21H19BrN2O4/c1-2-14-8-9-18(17(22)11-14)28-13-20(25)23-15-5-3-6-16(12-15)24-21(26)19-7-4-10-27-19/h3-12H,2,13H2,1H3,(H,23,25)(H,24,26). The Hall–Kier alpha value is -3.06. The second-order valence-corrected chi connectivity index (χ2v) is 6.82. The van der Waals surface area contributed by atoms with Crippen LogP contribution < -0.4 is 15.4 Å². The van der Waals surface area contributed by atoms with Crippen molar-refractivity contribution in [2.45, 2.75) is 13.3 Å². The molecule has 3 rings (SSSR count). The number of nitrogens with one attached hydrogen (secondary N) is 2. The minimum Gasteiger partial charge on any atom is -0.483 e. The molecule has 144 valence electrons. The third kappa shape index (κ3) is 5.23. The van der Waals surface area contributed by atoms with Gasteiger partial charge in [-0.2, -0.15) is 0 Å². The van der Waals surface area contributed by atoms with Crippen LogP contribution in [0.4, 0.5) is 11.4 Å². The molecule has 28 heavy (non-hydrogen) atoms.